The van der Waals surface area contributed by atoms with Crippen LogP contribution < -0.4 is 0 Å². The predicted molar refractivity (Wildman–Crippen MR) is 156 cm³/mol. The van der Waals surface area contributed by atoms with E-state index in [2.05, 4.69) is 0 Å². The first-order valence-corrected chi connectivity index (χ1v) is 15.9. The topological polar surface area (TPSA) is 169 Å². The van der Waals surface area contributed by atoms with Crippen molar-refractivity contribution in [2.75, 3.05) is 6.61 Å². The number of carbonyl (C=O) groups excluding carboxylic acids is 6. The van der Waals surface area contributed by atoms with E-state index < -0.39 is 106 Å². The van der Waals surface area contributed by atoms with Gasteiger partial charge in [0.1, 0.15) is 30.5 Å². The lowest BCUT2D eigenvalue weighted by molar-refractivity contribution is -0.240. The van der Waals surface area contributed by atoms with Crippen molar-refractivity contribution in [1.82, 2.24) is 0 Å². The zero-order chi connectivity index (χ0) is 34.0. The van der Waals surface area contributed by atoms with Crippen LogP contribution in [0.5, 0.6) is 0 Å². The second-order valence-electron chi connectivity index (χ2n) is 14.6. The first-order chi connectivity index (χ1) is 20.7. The fourth-order valence-corrected chi connectivity index (χ4v) is 9.17. The number of carbonyl (C=O) groups is 6. The highest BCUT2D eigenvalue weighted by atomic mass is 16.6. The lowest BCUT2D eigenvalue weighted by Gasteiger charge is -2.55. The molecule has 0 radical (unpaired) electrons. The summed E-state index contributed by atoms with van der Waals surface area (Å²) in [6, 6.07) is 0. The molecule has 11 atom stereocenters. The molecule has 252 valence electrons. The van der Waals surface area contributed by atoms with E-state index in [0.717, 1.165) is 6.92 Å². The summed E-state index contributed by atoms with van der Waals surface area (Å²) >= 11 is 0. The molecule has 4 saturated carbocycles. The van der Waals surface area contributed by atoms with Crippen molar-refractivity contribution in [3.63, 3.8) is 0 Å². The molecule has 0 spiro atoms. The Morgan fingerprint density at radius 3 is 2.07 bits per heavy atom. The highest BCUT2D eigenvalue weighted by Gasteiger charge is 2.84. The van der Waals surface area contributed by atoms with Crippen LogP contribution >= 0.6 is 0 Å². The molecule has 12 nitrogen and oxygen atoms in total. The summed E-state index contributed by atoms with van der Waals surface area (Å²) in [6.45, 7) is 15.0. The fraction of sp³-hybridized carbons (Fsp3) is 0.818. The van der Waals surface area contributed by atoms with Crippen LogP contribution in [0.2, 0.25) is 0 Å². The van der Waals surface area contributed by atoms with Gasteiger partial charge in [0.25, 0.3) is 0 Å². The lowest BCUT2D eigenvalue weighted by atomic mass is 9.55. The van der Waals surface area contributed by atoms with Crippen LogP contribution in [0.4, 0.5) is 0 Å². The number of hydrogen-bond acceptors (Lipinski definition) is 12. The average molecular weight is 637 g/mol. The Kier molecular flexibility index (Phi) is 9.02. The number of Topliss-reactive ketones (excluding diaryl/α,β-unsaturated/α-hetero) is 1. The standard InChI is InChI=1S/C33H48O12/c1-11-22(37)43-25-16(4)13-33(40)24(25)27(44-28(38)15(2)3)32(14-41-17(5)34)21(42-18(6)35)12-20-23(30(20,8)9)26(32)31(10,29(33)39)45-19(7)36/h15-16,20-21,23-27,40H,11-14H2,1-10H3/t16-,20-,21-,23-,24+,25-,26-,27+,31-,32+,33+/m0/s1. The Balaban J connectivity index is 2.17. The summed E-state index contributed by atoms with van der Waals surface area (Å²) in [6.07, 6.45) is -3.67. The minimum atomic E-state index is -2.32. The summed E-state index contributed by atoms with van der Waals surface area (Å²) in [5.41, 5.74) is -6.57. The number of aliphatic hydroxyl groups is 1. The zero-order valence-corrected chi connectivity index (χ0v) is 28.0. The summed E-state index contributed by atoms with van der Waals surface area (Å²) in [7, 11) is 0. The van der Waals surface area contributed by atoms with E-state index in [1.54, 1.807) is 27.7 Å². The van der Waals surface area contributed by atoms with Crippen LogP contribution in [0, 0.1) is 46.3 Å². The van der Waals surface area contributed by atoms with Crippen molar-refractivity contribution >= 4 is 35.6 Å². The molecule has 45 heavy (non-hydrogen) atoms. The molecular formula is C33H48O12. The second-order valence-corrected chi connectivity index (χ2v) is 14.6. The van der Waals surface area contributed by atoms with Crippen molar-refractivity contribution in [2.24, 2.45) is 46.3 Å². The molecule has 4 rings (SSSR count). The highest BCUT2D eigenvalue weighted by molar-refractivity contribution is 5.98. The van der Waals surface area contributed by atoms with E-state index >= 15 is 4.79 Å². The summed E-state index contributed by atoms with van der Waals surface area (Å²) in [5, 5.41) is 12.7. The lowest BCUT2D eigenvalue weighted by Crippen LogP contribution is -2.66. The van der Waals surface area contributed by atoms with E-state index in [9.17, 15) is 29.1 Å². The molecule has 0 heterocycles. The molecule has 4 fully saturated rings. The van der Waals surface area contributed by atoms with Crippen molar-refractivity contribution in [1.29, 1.82) is 0 Å². The molecular weight excluding hydrogens is 588 g/mol. The van der Waals surface area contributed by atoms with Gasteiger partial charge in [-0.2, -0.15) is 0 Å². The van der Waals surface area contributed by atoms with Gasteiger partial charge in [-0.25, -0.2) is 0 Å². The normalized spacial score (nSPS) is 41.0. The SMILES string of the molecule is CCC(=O)O[C@@H]1[C@@H]2[C@@H](OC(=O)C(C)C)[C@]3(COC(C)=O)[C@@H](OC(C)=O)C[C@H]4[C@@H]([C@H]3[C@](C)(OC(C)=O)C(=O)[C@@]2(O)C[C@@H]1C)C4(C)C. The van der Waals surface area contributed by atoms with Crippen LogP contribution in [-0.2, 0) is 52.5 Å². The Morgan fingerprint density at radius 1 is 0.933 bits per heavy atom. The third-order valence-corrected chi connectivity index (χ3v) is 11.0. The van der Waals surface area contributed by atoms with Crippen molar-refractivity contribution < 1.29 is 57.6 Å². The van der Waals surface area contributed by atoms with Crippen LogP contribution in [0.3, 0.4) is 0 Å². The number of rotatable bonds is 8. The van der Waals surface area contributed by atoms with Gasteiger partial charge < -0.3 is 28.8 Å². The third-order valence-electron chi connectivity index (χ3n) is 11.0. The molecule has 4 aliphatic rings. The fourth-order valence-electron chi connectivity index (χ4n) is 9.17. The predicted octanol–water partition coefficient (Wildman–Crippen LogP) is 2.94. The van der Waals surface area contributed by atoms with Gasteiger partial charge in [0.05, 0.1) is 17.3 Å². The van der Waals surface area contributed by atoms with E-state index in [1.807, 2.05) is 13.8 Å². The Morgan fingerprint density at radius 2 is 1.56 bits per heavy atom. The summed E-state index contributed by atoms with van der Waals surface area (Å²) in [4.78, 5) is 79.5. The molecule has 0 aromatic rings. The molecule has 1 N–H and O–H groups in total. The molecule has 0 aromatic carbocycles. The van der Waals surface area contributed by atoms with Crippen molar-refractivity contribution in [3.8, 4) is 0 Å². The van der Waals surface area contributed by atoms with E-state index in [1.165, 1.54) is 20.8 Å². The maximum Gasteiger partial charge on any atom is 0.308 e. The molecule has 0 saturated heterocycles. The highest BCUT2D eigenvalue weighted by Crippen LogP contribution is 2.76. The maximum atomic E-state index is 15.0. The third kappa shape index (κ3) is 5.44. The van der Waals surface area contributed by atoms with Crippen molar-refractivity contribution in [3.05, 3.63) is 0 Å². The van der Waals surface area contributed by atoms with Gasteiger partial charge in [-0.05, 0) is 42.9 Å². The number of fused-ring (bicyclic) bond motifs is 4. The minimum absolute atomic E-state index is 0.000835. The maximum absolute atomic E-state index is 15.0. The second kappa shape index (κ2) is 11.7. The number of ether oxygens (including phenoxy) is 5. The molecule has 0 aliphatic heterocycles. The number of esters is 5. The van der Waals surface area contributed by atoms with Crippen LogP contribution in [0.25, 0.3) is 0 Å². The average Bonchev–Trinajstić information content (AvgIpc) is 3.36. The van der Waals surface area contributed by atoms with Gasteiger partial charge in [0, 0.05) is 33.1 Å². The summed E-state index contributed by atoms with van der Waals surface area (Å²) in [5.74, 6) is -8.48. The van der Waals surface area contributed by atoms with Crippen LogP contribution in [0.1, 0.15) is 88.5 Å². The van der Waals surface area contributed by atoms with E-state index in [-0.39, 0.29) is 31.1 Å². The minimum Gasteiger partial charge on any atom is -0.465 e. The van der Waals surface area contributed by atoms with Crippen LogP contribution in [0.15, 0.2) is 0 Å². The van der Waals surface area contributed by atoms with Gasteiger partial charge in [-0.3, -0.25) is 28.8 Å². The molecule has 0 bridgehead atoms. The Hall–Kier alpha value is -3.02. The van der Waals surface area contributed by atoms with E-state index in [0.29, 0.717) is 0 Å². The molecule has 0 aromatic heterocycles. The van der Waals surface area contributed by atoms with Crippen molar-refractivity contribution in [2.45, 2.75) is 118 Å². The molecule has 0 unspecified atom stereocenters. The molecule has 0 amide bonds. The molecule has 4 aliphatic carbocycles. The Labute approximate surface area is 264 Å². The quantitative estimate of drug-likeness (QED) is 0.306. The smallest absolute Gasteiger partial charge is 0.308 e. The molecule has 12 heteroatoms. The number of hydrogen-bond donors (Lipinski definition) is 1. The Bertz CT molecular complexity index is 1270. The van der Waals surface area contributed by atoms with Gasteiger partial charge in [-0.1, -0.05) is 41.5 Å². The van der Waals surface area contributed by atoms with Crippen LogP contribution in [-0.4, -0.2) is 76.9 Å². The zero-order valence-electron chi connectivity index (χ0n) is 28.0. The monoisotopic (exact) mass is 636 g/mol. The first-order valence-electron chi connectivity index (χ1n) is 15.9. The van der Waals surface area contributed by atoms with E-state index in [4.69, 9.17) is 23.7 Å². The van der Waals surface area contributed by atoms with Gasteiger partial charge >= 0.3 is 29.8 Å². The summed E-state index contributed by atoms with van der Waals surface area (Å²) < 4.78 is 30.0. The van der Waals surface area contributed by atoms with Gasteiger partial charge in [0.15, 0.2) is 5.60 Å². The first kappa shape index (κ1) is 34.8. The number of ketones is 1. The van der Waals surface area contributed by atoms with Gasteiger partial charge in [-0.15, -0.1) is 0 Å². The van der Waals surface area contributed by atoms with Gasteiger partial charge in [0.2, 0.25) is 5.78 Å². The largest absolute Gasteiger partial charge is 0.465 e.